The first kappa shape index (κ1) is 14.4. The van der Waals surface area contributed by atoms with Gasteiger partial charge in [0.25, 0.3) is 5.22 Å². The maximum atomic E-state index is 13.4. The summed E-state index contributed by atoms with van der Waals surface area (Å²) in [7, 11) is 0. The van der Waals surface area contributed by atoms with Gasteiger partial charge in [-0.05, 0) is 25.1 Å². The topological polar surface area (TPSA) is 65.2 Å². The van der Waals surface area contributed by atoms with Crippen LogP contribution in [0.5, 0.6) is 0 Å². The molecule has 2 rings (SSSR count). The van der Waals surface area contributed by atoms with E-state index < -0.39 is 17.6 Å². The van der Waals surface area contributed by atoms with E-state index in [1.54, 1.807) is 6.92 Å². The summed E-state index contributed by atoms with van der Waals surface area (Å²) in [6.45, 7) is 1.84. The molecule has 1 heterocycles. The largest absolute Gasteiger partial charge is 0.459 e. The van der Waals surface area contributed by atoms with Crippen molar-refractivity contribution in [2.24, 2.45) is 0 Å². The van der Waals surface area contributed by atoms with Gasteiger partial charge in [0.05, 0.1) is 6.61 Å². The molecule has 0 unspecified atom stereocenters. The van der Waals surface area contributed by atoms with Crippen molar-refractivity contribution in [1.82, 2.24) is 10.2 Å². The number of thioether (sulfide) groups is 1. The average Bonchev–Trinajstić information content (AvgIpc) is 2.89. The van der Waals surface area contributed by atoms with E-state index >= 15 is 0 Å². The van der Waals surface area contributed by atoms with Crippen LogP contribution in [0.4, 0.5) is 8.78 Å². The van der Waals surface area contributed by atoms with E-state index in [4.69, 9.17) is 4.42 Å². The number of ether oxygens (including phenoxy) is 1. The zero-order chi connectivity index (χ0) is 14.5. The van der Waals surface area contributed by atoms with Crippen LogP contribution in [0.1, 0.15) is 23.2 Å². The van der Waals surface area contributed by atoms with E-state index in [-0.39, 0.29) is 29.0 Å². The maximum Gasteiger partial charge on any atom is 0.396 e. The highest BCUT2D eigenvalue weighted by molar-refractivity contribution is 7.98. The van der Waals surface area contributed by atoms with E-state index in [2.05, 4.69) is 14.9 Å². The Morgan fingerprint density at radius 1 is 1.40 bits per heavy atom. The first-order valence-electron chi connectivity index (χ1n) is 5.67. The van der Waals surface area contributed by atoms with Crippen molar-refractivity contribution in [3.05, 3.63) is 41.3 Å². The lowest BCUT2D eigenvalue weighted by Crippen LogP contribution is -2.04. The number of aromatic nitrogens is 2. The molecule has 5 nitrogen and oxygen atoms in total. The molecule has 0 fully saturated rings. The Bertz CT molecular complexity index is 618. The summed E-state index contributed by atoms with van der Waals surface area (Å²) in [6, 6.07) is 3.17. The Kier molecular flexibility index (Phi) is 4.67. The molecule has 106 valence electrons. The molecule has 0 saturated carbocycles. The third-order valence-electron chi connectivity index (χ3n) is 2.22. The van der Waals surface area contributed by atoms with Crippen molar-refractivity contribution < 1.29 is 22.7 Å². The van der Waals surface area contributed by atoms with Gasteiger partial charge in [-0.25, -0.2) is 13.6 Å². The third kappa shape index (κ3) is 3.53. The van der Waals surface area contributed by atoms with Crippen LogP contribution in [0.2, 0.25) is 0 Å². The number of hydrogen-bond acceptors (Lipinski definition) is 6. The predicted octanol–water partition coefficient (Wildman–Crippen LogP) is 2.82. The molecular weight excluding hydrogens is 290 g/mol. The standard InChI is InChI=1S/C12H10F2N2O3S/c1-2-18-11(17)10-15-16-12(19-10)20-6-7-5-8(13)3-4-9(7)14/h3-5H,2,6H2,1H3. The van der Waals surface area contributed by atoms with Gasteiger partial charge in [-0.1, -0.05) is 16.9 Å². The summed E-state index contributed by atoms with van der Waals surface area (Å²) in [5, 5.41) is 7.20. The first-order chi connectivity index (χ1) is 9.60. The fraction of sp³-hybridized carbons (Fsp3) is 0.250. The van der Waals surface area contributed by atoms with Crippen LogP contribution in [-0.4, -0.2) is 22.8 Å². The highest BCUT2D eigenvalue weighted by atomic mass is 32.2. The molecule has 0 saturated heterocycles. The fourth-order valence-corrected chi connectivity index (χ4v) is 2.07. The molecule has 1 aromatic heterocycles. The molecule has 0 spiro atoms. The molecular formula is C12H10F2N2O3S. The second-order valence-electron chi connectivity index (χ2n) is 3.62. The summed E-state index contributed by atoms with van der Waals surface area (Å²) >= 11 is 0.998. The molecule has 0 N–H and O–H groups in total. The molecule has 0 aliphatic rings. The lowest BCUT2D eigenvalue weighted by molar-refractivity contribution is 0.0475. The summed E-state index contributed by atoms with van der Waals surface area (Å²) in [6.07, 6.45) is 0. The van der Waals surface area contributed by atoms with Crippen LogP contribution in [0.15, 0.2) is 27.8 Å². The molecule has 0 aliphatic heterocycles. The Morgan fingerprint density at radius 2 is 2.20 bits per heavy atom. The van der Waals surface area contributed by atoms with E-state index in [9.17, 15) is 13.6 Å². The lowest BCUT2D eigenvalue weighted by atomic mass is 10.2. The Labute approximate surface area is 117 Å². The Morgan fingerprint density at radius 3 is 2.95 bits per heavy atom. The van der Waals surface area contributed by atoms with Gasteiger partial charge in [0.15, 0.2) is 0 Å². The zero-order valence-corrected chi connectivity index (χ0v) is 11.2. The lowest BCUT2D eigenvalue weighted by Gasteiger charge is -2.00. The minimum Gasteiger partial charge on any atom is -0.459 e. The van der Waals surface area contributed by atoms with Gasteiger partial charge in [0, 0.05) is 11.3 Å². The SMILES string of the molecule is CCOC(=O)c1nnc(SCc2cc(F)ccc2F)o1. The van der Waals surface area contributed by atoms with Crippen LogP contribution in [0.25, 0.3) is 0 Å². The van der Waals surface area contributed by atoms with Gasteiger partial charge in [0.2, 0.25) is 0 Å². The van der Waals surface area contributed by atoms with Crippen LogP contribution in [0, 0.1) is 11.6 Å². The average molecular weight is 300 g/mol. The van der Waals surface area contributed by atoms with Crippen LogP contribution < -0.4 is 0 Å². The van der Waals surface area contributed by atoms with Gasteiger partial charge >= 0.3 is 11.9 Å². The number of hydrogen-bond donors (Lipinski definition) is 0. The smallest absolute Gasteiger partial charge is 0.396 e. The van der Waals surface area contributed by atoms with Gasteiger partial charge in [-0.2, -0.15) is 0 Å². The monoisotopic (exact) mass is 300 g/mol. The van der Waals surface area contributed by atoms with E-state index in [1.807, 2.05) is 0 Å². The molecule has 1 aromatic carbocycles. The van der Waals surface area contributed by atoms with Crippen LogP contribution >= 0.6 is 11.8 Å². The minimum absolute atomic E-state index is 0.0803. The Hall–Kier alpha value is -1.96. The van der Waals surface area contributed by atoms with Crippen molar-refractivity contribution >= 4 is 17.7 Å². The second-order valence-corrected chi connectivity index (χ2v) is 4.54. The highest BCUT2D eigenvalue weighted by Crippen LogP contribution is 2.23. The number of benzene rings is 1. The molecule has 2 aromatic rings. The van der Waals surface area contributed by atoms with Crippen molar-refractivity contribution in [3.8, 4) is 0 Å². The van der Waals surface area contributed by atoms with E-state index in [0.29, 0.717) is 0 Å². The van der Waals surface area contributed by atoms with E-state index in [0.717, 1.165) is 30.0 Å². The Balaban J connectivity index is 2.01. The van der Waals surface area contributed by atoms with Crippen molar-refractivity contribution in [2.75, 3.05) is 6.61 Å². The van der Waals surface area contributed by atoms with E-state index in [1.165, 1.54) is 0 Å². The molecule has 8 heteroatoms. The van der Waals surface area contributed by atoms with Crippen LogP contribution in [-0.2, 0) is 10.5 Å². The maximum absolute atomic E-state index is 13.4. The fourth-order valence-electron chi connectivity index (χ4n) is 1.34. The van der Waals surface area contributed by atoms with Crippen molar-refractivity contribution in [2.45, 2.75) is 17.9 Å². The minimum atomic E-state index is -0.719. The number of halogens is 2. The summed E-state index contributed by atoms with van der Waals surface area (Å²) in [5.74, 6) is -1.93. The van der Waals surface area contributed by atoms with Crippen molar-refractivity contribution in [3.63, 3.8) is 0 Å². The van der Waals surface area contributed by atoms with Gasteiger partial charge < -0.3 is 9.15 Å². The van der Waals surface area contributed by atoms with Gasteiger partial charge in [-0.3, -0.25) is 0 Å². The number of carbonyl (C=O) groups excluding carboxylic acids is 1. The van der Waals surface area contributed by atoms with Crippen molar-refractivity contribution in [1.29, 1.82) is 0 Å². The number of rotatable bonds is 5. The molecule has 20 heavy (non-hydrogen) atoms. The normalized spacial score (nSPS) is 10.6. The molecule has 0 aliphatic carbocycles. The number of nitrogens with zero attached hydrogens (tertiary/aromatic N) is 2. The summed E-state index contributed by atoms with van der Waals surface area (Å²) < 4.78 is 36.1. The summed E-state index contributed by atoms with van der Waals surface area (Å²) in [4.78, 5) is 11.3. The van der Waals surface area contributed by atoms with Gasteiger partial charge in [0.1, 0.15) is 11.6 Å². The molecule has 0 bridgehead atoms. The summed E-state index contributed by atoms with van der Waals surface area (Å²) in [5.41, 5.74) is 0.172. The van der Waals surface area contributed by atoms with Gasteiger partial charge in [-0.15, -0.1) is 5.10 Å². The molecule has 0 amide bonds. The third-order valence-corrected chi connectivity index (χ3v) is 3.08. The molecule has 0 radical (unpaired) electrons. The zero-order valence-electron chi connectivity index (χ0n) is 10.4. The highest BCUT2D eigenvalue weighted by Gasteiger charge is 2.16. The number of carbonyl (C=O) groups is 1. The second kappa shape index (κ2) is 6.47. The quantitative estimate of drug-likeness (QED) is 0.625. The predicted molar refractivity (Wildman–Crippen MR) is 66.2 cm³/mol. The first-order valence-corrected chi connectivity index (χ1v) is 6.66. The molecule has 0 atom stereocenters. The van der Waals surface area contributed by atoms with Crippen LogP contribution in [0.3, 0.4) is 0 Å². The number of esters is 1.